The van der Waals surface area contributed by atoms with Crippen LogP contribution in [0.1, 0.15) is 50.0 Å². The molecule has 1 amide bonds. The molecule has 4 heteroatoms. The minimum atomic E-state index is 0.220. The maximum atomic E-state index is 12.2. The highest BCUT2D eigenvalue weighted by molar-refractivity contribution is 5.76. The molecular formula is C21H33N3O. The van der Waals surface area contributed by atoms with Crippen molar-refractivity contribution in [2.24, 2.45) is 0 Å². The Morgan fingerprint density at radius 1 is 1.08 bits per heavy atom. The van der Waals surface area contributed by atoms with Crippen LogP contribution >= 0.6 is 0 Å². The molecule has 0 aliphatic carbocycles. The van der Waals surface area contributed by atoms with E-state index in [1.54, 1.807) is 0 Å². The Morgan fingerprint density at radius 3 is 2.56 bits per heavy atom. The Balaban J connectivity index is 1.31. The third-order valence-corrected chi connectivity index (χ3v) is 5.95. The highest BCUT2D eigenvalue weighted by Crippen LogP contribution is 2.27. The van der Waals surface area contributed by atoms with Crippen LogP contribution in [0, 0.1) is 0 Å². The van der Waals surface area contributed by atoms with E-state index in [1.807, 2.05) is 0 Å². The summed E-state index contributed by atoms with van der Waals surface area (Å²) in [7, 11) is 2.15. The number of rotatable bonds is 6. The molecule has 1 aromatic carbocycles. The zero-order chi connectivity index (χ0) is 17.5. The number of nitrogens with zero attached hydrogens (tertiary/aromatic N) is 2. The summed E-state index contributed by atoms with van der Waals surface area (Å²) in [4.78, 5) is 17.0. The van der Waals surface area contributed by atoms with Crippen LogP contribution in [0.25, 0.3) is 0 Å². The lowest BCUT2D eigenvalue weighted by molar-refractivity contribution is -0.122. The number of benzene rings is 1. The first-order valence-corrected chi connectivity index (χ1v) is 9.96. The first kappa shape index (κ1) is 18.4. The van der Waals surface area contributed by atoms with Crippen molar-refractivity contribution in [3.8, 4) is 0 Å². The Morgan fingerprint density at radius 2 is 1.84 bits per heavy atom. The summed E-state index contributed by atoms with van der Waals surface area (Å²) in [6.07, 6.45) is 6.81. The van der Waals surface area contributed by atoms with Gasteiger partial charge in [-0.2, -0.15) is 0 Å². The molecule has 2 aliphatic heterocycles. The van der Waals surface area contributed by atoms with E-state index in [9.17, 15) is 4.79 Å². The molecule has 2 saturated heterocycles. The second-order valence-corrected chi connectivity index (χ2v) is 7.71. The van der Waals surface area contributed by atoms with Gasteiger partial charge < -0.3 is 15.1 Å². The fourth-order valence-corrected chi connectivity index (χ4v) is 4.26. The van der Waals surface area contributed by atoms with E-state index in [0.717, 1.165) is 39.1 Å². The van der Waals surface area contributed by atoms with Crippen LogP contribution in [0.4, 0.5) is 0 Å². The summed E-state index contributed by atoms with van der Waals surface area (Å²) >= 11 is 0. The number of carbonyl (C=O) groups excluding carboxylic acids is 1. The molecule has 3 rings (SSSR count). The molecule has 0 saturated carbocycles. The molecule has 1 unspecified atom stereocenters. The van der Waals surface area contributed by atoms with Crippen molar-refractivity contribution in [3.05, 3.63) is 35.9 Å². The minimum Gasteiger partial charge on any atom is -0.355 e. The average Bonchev–Trinajstić information content (AvgIpc) is 2.65. The summed E-state index contributed by atoms with van der Waals surface area (Å²) in [5.74, 6) is 0.923. The van der Waals surface area contributed by atoms with Gasteiger partial charge in [-0.1, -0.05) is 36.8 Å². The molecule has 2 aliphatic rings. The molecule has 25 heavy (non-hydrogen) atoms. The Labute approximate surface area is 152 Å². The first-order valence-electron chi connectivity index (χ1n) is 9.96. The highest BCUT2D eigenvalue weighted by atomic mass is 16.1. The molecule has 1 N–H and O–H groups in total. The van der Waals surface area contributed by atoms with Crippen LogP contribution in [-0.2, 0) is 4.79 Å². The summed E-state index contributed by atoms with van der Waals surface area (Å²) in [6.45, 7) is 5.18. The molecule has 0 bridgehead atoms. The lowest BCUT2D eigenvalue weighted by Crippen LogP contribution is -2.42. The van der Waals surface area contributed by atoms with Gasteiger partial charge in [0.25, 0.3) is 0 Å². The van der Waals surface area contributed by atoms with Crippen molar-refractivity contribution in [1.82, 2.24) is 15.1 Å². The van der Waals surface area contributed by atoms with Gasteiger partial charge >= 0.3 is 0 Å². The zero-order valence-corrected chi connectivity index (χ0v) is 15.6. The molecule has 2 heterocycles. The van der Waals surface area contributed by atoms with Crippen LogP contribution in [0.3, 0.4) is 0 Å². The quantitative estimate of drug-likeness (QED) is 0.863. The van der Waals surface area contributed by atoms with Crippen molar-refractivity contribution in [1.29, 1.82) is 0 Å². The van der Waals surface area contributed by atoms with Gasteiger partial charge in [0, 0.05) is 25.6 Å². The van der Waals surface area contributed by atoms with E-state index in [1.165, 1.54) is 31.2 Å². The van der Waals surface area contributed by atoms with E-state index in [-0.39, 0.29) is 5.91 Å². The Bertz CT molecular complexity index is 525. The summed E-state index contributed by atoms with van der Waals surface area (Å²) in [6, 6.07) is 11.3. The normalized spacial score (nSPS) is 23.5. The Hall–Kier alpha value is -1.39. The largest absolute Gasteiger partial charge is 0.355 e. The molecule has 1 atom stereocenters. The number of hydrogen-bond acceptors (Lipinski definition) is 3. The van der Waals surface area contributed by atoms with Gasteiger partial charge in [-0.05, 0) is 63.8 Å². The fraction of sp³-hybridized carbons (Fsp3) is 0.667. The average molecular weight is 344 g/mol. The second kappa shape index (κ2) is 9.35. The maximum Gasteiger partial charge on any atom is 0.221 e. The van der Waals surface area contributed by atoms with E-state index in [2.05, 4.69) is 52.5 Å². The van der Waals surface area contributed by atoms with E-state index in [4.69, 9.17) is 0 Å². The van der Waals surface area contributed by atoms with Gasteiger partial charge in [0.15, 0.2) is 0 Å². The second-order valence-electron chi connectivity index (χ2n) is 7.71. The van der Waals surface area contributed by atoms with Gasteiger partial charge in [-0.3, -0.25) is 4.79 Å². The minimum absolute atomic E-state index is 0.220. The lowest BCUT2D eigenvalue weighted by Gasteiger charge is -2.33. The smallest absolute Gasteiger partial charge is 0.221 e. The Kier molecular flexibility index (Phi) is 6.88. The fourth-order valence-electron chi connectivity index (χ4n) is 4.26. The molecular weight excluding hydrogens is 310 g/mol. The summed E-state index contributed by atoms with van der Waals surface area (Å²) in [5, 5.41) is 3.13. The number of carbonyl (C=O) groups is 1. The van der Waals surface area contributed by atoms with Crippen LogP contribution in [-0.4, -0.2) is 61.5 Å². The number of hydrogen-bond donors (Lipinski definition) is 1. The predicted molar refractivity (Wildman–Crippen MR) is 103 cm³/mol. The molecule has 2 fully saturated rings. The van der Waals surface area contributed by atoms with Gasteiger partial charge in [0.1, 0.15) is 0 Å². The number of nitrogens with one attached hydrogen (secondary N) is 1. The monoisotopic (exact) mass is 343 g/mol. The molecule has 0 aromatic heterocycles. The third-order valence-electron chi connectivity index (χ3n) is 5.95. The van der Waals surface area contributed by atoms with Crippen LogP contribution in [0.5, 0.6) is 0 Å². The third kappa shape index (κ3) is 5.55. The van der Waals surface area contributed by atoms with Gasteiger partial charge in [0.2, 0.25) is 5.91 Å². The first-order chi connectivity index (χ1) is 12.2. The van der Waals surface area contributed by atoms with Gasteiger partial charge in [-0.25, -0.2) is 0 Å². The predicted octanol–water partition coefficient (Wildman–Crippen LogP) is 2.86. The van der Waals surface area contributed by atoms with Crippen molar-refractivity contribution >= 4 is 5.91 Å². The molecule has 4 nitrogen and oxygen atoms in total. The van der Waals surface area contributed by atoms with Crippen molar-refractivity contribution in [2.45, 2.75) is 50.5 Å². The summed E-state index contributed by atoms with van der Waals surface area (Å²) in [5.41, 5.74) is 1.48. The van der Waals surface area contributed by atoms with Crippen LogP contribution in [0.15, 0.2) is 30.3 Å². The zero-order valence-electron chi connectivity index (χ0n) is 15.6. The highest BCUT2D eigenvalue weighted by Gasteiger charge is 2.22. The molecule has 0 radical (unpaired) electrons. The molecule has 138 valence electrons. The van der Waals surface area contributed by atoms with Crippen molar-refractivity contribution < 1.29 is 4.79 Å². The molecule has 0 spiro atoms. The molecule has 1 aromatic rings. The number of amides is 1. The van der Waals surface area contributed by atoms with E-state index in [0.29, 0.717) is 18.4 Å². The van der Waals surface area contributed by atoms with E-state index < -0.39 is 0 Å². The van der Waals surface area contributed by atoms with E-state index >= 15 is 0 Å². The topological polar surface area (TPSA) is 35.6 Å². The van der Waals surface area contributed by atoms with Crippen molar-refractivity contribution in [2.75, 3.05) is 39.8 Å². The van der Waals surface area contributed by atoms with Gasteiger partial charge in [-0.15, -0.1) is 0 Å². The number of piperidine rings is 2. The SMILES string of the molecule is CN1CCCCC1CC(=O)NCCN1CCC(c2ccccc2)CC1. The maximum absolute atomic E-state index is 12.2. The van der Waals surface area contributed by atoms with Crippen molar-refractivity contribution in [3.63, 3.8) is 0 Å². The lowest BCUT2D eigenvalue weighted by atomic mass is 9.89. The van der Waals surface area contributed by atoms with Crippen LogP contribution < -0.4 is 5.32 Å². The standard InChI is InChI=1S/C21H33N3O/c1-23-13-6-5-9-20(23)17-21(25)22-12-16-24-14-10-19(11-15-24)18-7-3-2-4-8-18/h2-4,7-8,19-20H,5-6,9-17H2,1H3,(H,22,25). The van der Waals surface area contributed by atoms with Crippen LogP contribution in [0.2, 0.25) is 0 Å². The number of likely N-dealkylation sites (tertiary alicyclic amines) is 2. The summed E-state index contributed by atoms with van der Waals surface area (Å²) < 4.78 is 0. The van der Waals surface area contributed by atoms with Gasteiger partial charge in [0.05, 0.1) is 0 Å².